The molecule has 0 radical (unpaired) electrons. The van der Waals surface area contributed by atoms with Crippen molar-refractivity contribution in [3.8, 4) is 0 Å². The zero-order valence-corrected chi connectivity index (χ0v) is 10.0. The Bertz CT molecular complexity index is 303. The lowest BCUT2D eigenvalue weighted by molar-refractivity contribution is 0.140. The van der Waals surface area contributed by atoms with E-state index in [9.17, 15) is 5.11 Å². The topological polar surface area (TPSA) is 89.8 Å². The van der Waals surface area contributed by atoms with Gasteiger partial charge in [-0.25, -0.2) is 0 Å². The van der Waals surface area contributed by atoms with E-state index in [0.717, 1.165) is 5.56 Å². The van der Waals surface area contributed by atoms with Crippen LogP contribution in [-0.4, -0.2) is 31.5 Å². The predicted molar refractivity (Wildman–Crippen MR) is 63.3 cm³/mol. The van der Waals surface area contributed by atoms with E-state index in [4.69, 9.17) is 13.3 Å². The lowest BCUT2D eigenvalue weighted by Crippen LogP contribution is -2.28. The molecule has 6 heteroatoms. The van der Waals surface area contributed by atoms with Gasteiger partial charge in [0.2, 0.25) is 0 Å². The van der Waals surface area contributed by atoms with Crippen molar-refractivity contribution < 1.29 is 18.4 Å². The van der Waals surface area contributed by atoms with Gasteiger partial charge in [0.25, 0.3) is 11.4 Å². The highest BCUT2D eigenvalue weighted by Crippen LogP contribution is 2.15. The Morgan fingerprint density at radius 2 is 1.69 bits per heavy atom. The molecule has 0 heterocycles. The Balaban J connectivity index is 0.000000487. The van der Waals surface area contributed by atoms with Crippen molar-refractivity contribution in [2.24, 2.45) is 0 Å². The number of benzene rings is 1. The second-order valence-corrected chi connectivity index (χ2v) is 3.63. The van der Waals surface area contributed by atoms with E-state index in [0.29, 0.717) is 0 Å². The van der Waals surface area contributed by atoms with E-state index >= 15 is 0 Å². The molecule has 0 aliphatic rings. The molecule has 92 valence electrons. The van der Waals surface area contributed by atoms with Crippen LogP contribution in [-0.2, 0) is 11.4 Å². The molecule has 0 aromatic heterocycles. The smallest absolute Gasteiger partial charge is 0.299 e. The number of hydrogen-bond acceptors (Lipinski definition) is 3. The molecule has 0 bridgehead atoms. The molecule has 4 N–H and O–H groups in total. The minimum atomic E-state index is -2.61. The summed E-state index contributed by atoms with van der Waals surface area (Å²) in [4.78, 5) is 0. The third-order valence-corrected chi connectivity index (χ3v) is 2.07. The molecule has 1 aromatic carbocycles. The molecule has 1 rings (SSSR count). The fourth-order valence-electron chi connectivity index (χ4n) is 1.10. The van der Waals surface area contributed by atoms with E-state index in [1.165, 1.54) is 0 Å². The largest absolute Gasteiger partial charge is 0.387 e. The first-order chi connectivity index (χ1) is 7.49. The molecule has 0 aliphatic carbocycles. The molecule has 0 spiro atoms. The molecule has 2 unspecified atom stereocenters. The van der Waals surface area contributed by atoms with Crippen molar-refractivity contribution in [1.29, 1.82) is 0 Å². The molecule has 0 saturated carbocycles. The van der Waals surface area contributed by atoms with Gasteiger partial charge in [-0.2, -0.15) is 4.21 Å². The van der Waals surface area contributed by atoms with Gasteiger partial charge in [0.15, 0.2) is 0 Å². The van der Waals surface area contributed by atoms with Crippen LogP contribution in [0.15, 0.2) is 30.3 Å². The van der Waals surface area contributed by atoms with Gasteiger partial charge in [-0.1, -0.05) is 30.3 Å². The molecule has 16 heavy (non-hydrogen) atoms. The second-order valence-electron chi connectivity index (χ2n) is 3.16. The molecule has 0 fully saturated rings. The minimum absolute atomic E-state index is 0.0902. The number of aliphatic hydroxyl groups is 1. The Morgan fingerprint density at radius 3 is 2.06 bits per heavy atom. The van der Waals surface area contributed by atoms with E-state index in [1.807, 2.05) is 44.3 Å². The summed E-state index contributed by atoms with van der Waals surface area (Å²) in [6, 6.07) is 9.76. The van der Waals surface area contributed by atoms with Crippen molar-refractivity contribution in [2.75, 3.05) is 7.05 Å². The van der Waals surface area contributed by atoms with Gasteiger partial charge in [-0.05, 0) is 19.5 Å². The van der Waals surface area contributed by atoms with Crippen molar-refractivity contribution in [3.05, 3.63) is 35.9 Å². The highest BCUT2D eigenvalue weighted by molar-refractivity contribution is 7.73. The predicted octanol–water partition coefficient (Wildman–Crippen LogP) is 1.01. The Kier molecular flexibility index (Phi) is 7.96. The molecular weight excluding hydrogens is 230 g/mol. The van der Waals surface area contributed by atoms with E-state index in [-0.39, 0.29) is 6.04 Å². The summed E-state index contributed by atoms with van der Waals surface area (Å²) in [5.74, 6) is 0. The molecular formula is C10H17NO4S. The molecule has 0 saturated heterocycles. The first-order valence-electron chi connectivity index (χ1n) is 4.69. The monoisotopic (exact) mass is 247 g/mol. The van der Waals surface area contributed by atoms with Gasteiger partial charge in [0.1, 0.15) is 0 Å². The van der Waals surface area contributed by atoms with Crippen LogP contribution in [0.5, 0.6) is 0 Å². The SMILES string of the molecule is CNC(C)C(O)c1ccccc1.O=S(O)O. The van der Waals surface area contributed by atoms with Gasteiger partial charge in [-0.3, -0.25) is 9.11 Å². The van der Waals surface area contributed by atoms with Crippen LogP contribution in [0, 0.1) is 0 Å². The van der Waals surface area contributed by atoms with Crippen LogP contribution in [0.2, 0.25) is 0 Å². The van der Waals surface area contributed by atoms with Crippen LogP contribution >= 0.6 is 0 Å². The maximum absolute atomic E-state index is 9.73. The highest BCUT2D eigenvalue weighted by Gasteiger charge is 2.12. The molecule has 5 nitrogen and oxygen atoms in total. The van der Waals surface area contributed by atoms with E-state index < -0.39 is 17.5 Å². The average Bonchev–Trinajstić information content (AvgIpc) is 2.27. The van der Waals surface area contributed by atoms with Crippen LogP contribution in [0.4, 0.5) is 0 Å². The minimum Gasteiger partial charge on any atom is -0.387 e. The number of rotatable bonds is 3. The van der Waals surface area contributed by atoms with Gasteiger partial charge < -0.3 is 10.4 Å². The summed E-state index contributed by atoms with van der Waals surface area (Å²) in [5, 5.41) is 12.7. The normalized spacial score (nSPS) is 13.9. The number of likely N-dealkylation sites (N-methyl/N-ethyl adjacent to an activating group) is 1. The molecule has 2 atom stereocenters. The summed E-state index contributed by atoms with van der Waals surface area (Å²) in [5.41, 5.74) is 0.958. The quantitative estimate of drug-likeness (QED) is 0.598. The van der Waals surface area contributed by atoms with Crippen LogP contribution in [0.3, 0.4) is 0 Å². The number of nitrogens with one attached hydrogen (secondary N) is 1. The first-order valence-corrected chi connectivity index (χ1v) is 5.75. The van der Waals surface area contributed by atoms with Crippen molar-refractivity contribution in [1.82, 2.24) is 5.32 Å². The van der Waals surface area contributed by atoms with E-state index in [2.05, 4.69) is 5.32 Å². The Hall–Kier alpha value is -0.790. The summed E-state index contributed by atoms with van der Waals surface area (Å²) < 4.78 is 22.8. The second kappa shape index (κ2) is 8.37. The zero-order chi connectivity index (χ0) is 12.6. The van der Waals surface area contributed by atoms with Crippen molar-refractivity contribution in [3.63, 3.8) is 0 Å². The van der Waals surface area contributed by atoms with Crippen LogP contribution < -0.4 is 5.32 Å². The molecule has 0 aliphatic heterocycles. The maximum Gasteiger partial charge on any atom is 0.299 e. The van der Waals surface area contributed by atoms with Crippen molar-refractivity contribution in [2.45, 2.75) is 19.1 Å². The lowest BCUT2D eigenvalue weighted by atomic mass is 10.0. The summed E-state index contributed by atoms with van der Waals surface area (Å²) >= 11 is -2.61. The fourth-order valence-corrected chi connectivity index (χ4v) is 1.10. The van der Waals surface area contributed by atoms with Crippen LogP contribution in [0.1, 0.15) is 18.6 Å². The Labute approximate surface area is 97.6 Å². The highest BCUT2D eigenvalue weighted by atomic mass is 32.2. The molecule has 1 aromatic rings. The van der Waals surface area contributed by atoms with E-state index in [1.54, 1.807) is 0 Å². The summed E-state index contributed by atoms with van der Waals surface area (Å²) in [7, 11) is 1.84. The van der Waals surface area contributed by atoms with Gasteiger partial charge in [-0.15, -0.1) is 0 Å². The van der Waals surface area contributed by atoms with Gasteiger partial charge >= 0.3 is 0 Å². The average molecular weight is 247 g/mol. The third-order valence-electron chi connectivity index (χ3n) is 2.07. The number of aliphatic hydroxyl groups excluding tert-OH is 1. The zero-order valence-electron chi connectivity index (χ0n) is 9.20. The standard InChI is InChI=1S/C10H15NO.H2O3S/c1-8(11-2)10(12)9-6-4-3-5-7-9;1-4(2)3/h3-8,10-12H,1-2H3;(H2,1,2,3). The third kappa shape index (κ3) is 6.65. The fraction of sp³-hybridized carbons (Fsp3) is 0.400. The maximum atomic E-state index is 9.73. The lowest BCUT2D eigenvalue weighted by Gasteiger charge is -2.17. The van der Waals surface area contributed by atoms with Gasteiger partial charge in [0.05, 0.1) is 6.10 Å². The van der Waals surface area contributed by atoms with Crippen molar-refractivity contribution >= 4 is 11.4 Å². The molecule has 0 amide bonds. The summed E-state index contributed by atoms with van der Waals surface area (Å²) in [6.45, 7) is 1.96. The number of hydrogen-bond donors (Lipinski definition) is 4. The van der Waals surface area contributed by atoms with Crippen LogP contribution in [0.25, 0.3) is 0 Å². The first kappa shape index (κ1) is 15.2. The Morgan fingerprint density at radius 1 is 1.25 bits per heavy atom. The van der Waals surface area contributed by atoms with Gasteiger partial charge in [0, 0.05) is 6.04 Å². The summed E-state index contributed by atoms with van der Waals surface area (Å²) in [6.07, 6.45) is -0.420.